The molecule has 0 spiro atoms. The van der Waals surface area contributed by atoms with E-state index in [1.807, 2.05) is 12.1 Å². The van der Waals surface area contributed by atoms with Gasteiger partial charge in [-0.25, -0.2) is 4.79 Å². The Balaban J connectivity index is 0.000000203. The number of carbonyl (C=O) groups excluding carboxylic acids is 1. The quantitative estimate of drug-likeness (QED) is 0.784. The van der Waals surface area contributed by atoms with E-state index in [9.17, 15) is 18.0 Å². The molecule has 1 aliphatic heterocycles. The maximum Gasteiger partial charge on any atom is 0.490 e. The molecule has 0 atom stereocenters. The molecule has 1 N–H and O–H groups in total. The number of alkyl halides is 3. The van der Waals surface area contributed by atoms with Crippen molar-refractivity contribution in [1.29, 1.82) is 0 Å². The van der Waals surface area contributed by atoms with Gasteiger partial charge in [-0.3, -0.25) is 4.79 Å². The van der Waals surface area contributed by atoms with Crippen molar-refractivity contribution in [2.24, 2.45) is 0 Å². The maximum atomic E-state index is 10.6. The SMILES string of the molecule is O=C(O)C(F)(F)F.O=CN1Cc2ccccc2C1. The van der Waals surface area contributed by atoms with Crippen molar-refractivity contribution < 1.29 is 27.9 Å². The number of halogens is 3. The van der Waals surface area contributed by atoms with Crippen molar-refractivity contribution in [1.82, 2.24) is 4.90 Å². The second-order valence-corrected chi connectivity index (χ2v) is 3.58. The Kier molecular flexibility index (Phi) is 4.30. The van der Waals surface area contributed by atoms with Gasteiger partial charge in [0.1, 0.15) is 0 Å². The van der Waals surface area contributed by atoms with Crippen molar-refractivity contribution >= 4 is 12.4 Å². The number of fused-ring (bicyclic) bond motifs is 1. The maximum absolute atomic E-state index is 10.6. The summed E-state index contributed by atoms with van der Waals surface area (Å²) >= 11 is 0. The van der Waals surface area contributed by atoms with E-state index in [0.29, 0.717) is 0 Å². The third-order valence-corrected chi connectivity index (χ3v) is 2.26. The molecule has 4 nitrogen and oxygen atoms in total. The minimum absolute atomic E-state index is 0.777. The first-order chi connectivity index (χ1) is 8.34. The van der Waals surface area contributed by atoms with Crippen LogP contribution in [0.3, 0.4) is 0 Å². The van der Waals surface area contributed by atoms with Crippen molar-refractivity contribution in [2.45, 2.75) is 19.3 Å². The van der Waals surface area contributed by atoms with Gasteiger partial charge in [-0.15, -0.1) is 0 Å². The third-order valence-electron chi connectivity index (χ3n) is 2.26. The van der Waals surface area contributed by atoms with E-state index in [4.69, 9.17) is 9.90 Å². The number of hydrogen-bond donors (Lipinski definition) is 1. The van der Waals surface area contributed by atoms with Gasteiger partial charge in [-0.05, 0) is 11.1 Å². The van der Waals surface area contributed by atoms with E-state index in [1.54, 1.807) is 4.90 Å². The van der Waals surface area contributed by atoms with Crippen LogP contribution in [0.2, 0.25) is 0 Å². The summed E-state index contributed by atoms with van der Waals surface area (Å²) in [6, 6.07) is 8.15. The highest BCUT2D eigenvalue weighted by Crippen LogP contribution is 2.20. The number of carboxylic acid groups (broad SMARTS) is 1. The molecule has 0 fully saturated rings. The van der Waals surface area contributed by atoms with Gasteiger partial charge in [-0.2, -0.15) is 13.2 Å². The Morgan fingerprint density at radius 2 is 1.61 bits per heavy atom. The van der Waals surface area contributed by atoms with Crippen molar-refractivity contribution in [3.8, 4) is 0 Å². The number of amides is 1. The number of benzene rings is 1. The predicted molar refractivity (Wildman–Crippen MR) is 55.4 cm³/mol. The number of hydrogen-bond acceptors (Lipinski definition) is 2. The number of carboxylic acids is 1. The lowest BCUT2D eigenvalue weighted by atomic mass is 10.1. The summed E-state index contributed by atoms with van der Waals surface area (Å²) in [5.74, 6) is -2.76. The monoisotopic (exact) mass is 261 g/mol. The van der Waals surface area contributed by atoms with E-state index in [0.717, 1.165) is 19.5 Å². The van der Waals surface area contributed by atoms with Crippen LogP contribution >= 0.6 is 0 Å². The highest BCUT2D eigenvalue weighted by Gasteiger charge is 2.38. The van der Waals surface area contributed by atoms with Crippen LogP contribution in [0.1, 0.15) is 11.1 Å². The minimum atomic E-state index is -5.08. The van der Waals surface area contributed by atoms with Gasteiger partial charge >= 0.3 is 12.1 Å². The molecule has 0 bridgehead atoms. The summed E-state index contributed by atoms with van der Waals surface area (Å²) in [6.07, 6.45) is -4.18. The molecular formula is C11H10F3NO3. The largest absolute Gasteiger partial charge is 0.490 e. The molecule has 98 valence electrons. The first-order valence-electron chi connectivity index (χ1n) is 4.91. The van der Waals surface area contributed by atoms with Crippen LogP contribution in [0, 0.1) is 0 Å². The zero-order chi connectivity index (χ0) is 13.8. The molecule has 0 aliphatic carbocycles. The van der Waals surface area contributed by atoms with Crippen LogP contribution in [0.5, 0.6) is 0 Å². The molecule has 1 heterocycles. The fraction of sp³-hybridized carbons (Fsp3) is 0.273. The van der Waals surface area contributed by atoms with Crippen LogP contribution in [-0.4, -0.2) is 28.6 Å². The molecule has 1 aliphatic rings. The van der Waals surface area contributed by atoms with Crippen molar-refractivity contribution in [2.75, 3.05) is 0 Å². The smallest absolute Gasteiger partial charge is 0.475 e. The third kappa shape index (κ3) is 3.76. The average molecular weight is 261 g/mol. The predicted octanol–water partition coefficient (Wildman–Crippen LogP) is 1.79. The molecule has 0 unspecified atom stereocenters. The van der Waals surface area contributed by atoms with Gasteiger partial charge in [0.25, 0.3) is 0 Å². The lowest BCUT2D eigenvalue weighted by Gasteiger charge is -2.04. The molecular weight excluding hydrogens is 251 g/mol. The Bertz CT molecular complexity index is 420. The highest BCUT2D eigenvalue weighted by atomic mass is 19.4. The zero-order valence-corrected chi connectivity index (χ0v) is 9.15. The molecule has 1 amide bonds. The number of rotatable bonds is 1. The lowest BCUT2D eigenvalue weighted by molar-refractivity contribution is -0.192. The van der Waals surface area contributed by atoms with Crippen LogP contribution in [0.4, 0.5) is 13.2 Å². The molecule has 7 heteroatoms. The van der Waals surface area contributed by atoms with Gasteiger partial charge in [0.05, 0.1) is 0 Å². The van der Waals surface area contributed by atoms with Gasteiger partial charge in [0, 0.05) is 13.1 Å². The van der Waals surface area contributed by atoms with Crippen LogP contribution in [0.15, 0.2) is 24.3 Å². The topological polar surface area (TPSA) is 57.6 Å². The first kappa shape index (κ1) is 14.0. The summed E-state index contributed by atoms with van der Waals surface area (Å²) in [6.45, 7) is 1.55. The van der Waals surface area contributed by atoms with Gasteiger partial charge in [0.2, 0.25) is 6.41 Å². The molecule has 18 heavy (non-hydrogen) atoms. The zero-order valence-electron chi connectivity index (χ0n) is 9.15. The van der Waals surface area contributed by atoms with Gasteiger partial charge < -0.3 is 10.0 Å². The molecule has 0 saturated carbocycles. The Morgan fingerprint density at radius 3 is 1.89 bits per heavy atom. The normalized spacial score (nSPS) is 13.4. The fourth-order valence-electron chi connectivity index (χ4n) is 1.43. The molecule has 1 aromatic carbocycles. The summed E-state index contributed by atoms with van der Waals surface area (Å²) in [4.78, 5) is 21.1. The Labute approximate surface area is 101 Å². The first-order valence-corrected chi connectivity index (χ1v) is 4.91. The lowest BCUT2D eigenvalue weighted by Crippen LogP contribution is -2.21. The number of nitrogens with zero attached hydrogens (tertiary/aromatic N) is 1. The second kappa shape index (κ2) is 5.52. The van der Waals surface area contributed by atoms with E-state index in [1.165, 1.54) is 11.1 Å². The number of carbonyl (C=O) groups is 2. The number of aliphatic carboxylic acids is 1. The fourth-order valence-corrected chi connectivity index (χ4v) is 1.43. The summed E-state index contributed by atoms with van der Waals surface area (Å²) in [5, 5.41) is 7.12. The summed E-state index contributed by atoms with van der Waals surface area (Å²) in [7, 11) is 0. The van der Waals surface area contributed by atoms with Gasteiger partial charge in [0.15, 0.2) is 0 Å². The van der Waals surface area contributed by atoms with E-state index < -0.39 is 12.1 Å². The molecule has 2 rings (SSSR count). The minimum Gasteiger partial charge on any atom is -0.475 e. The van der Waals surface area contributed by atoms with Gasteiger partial charge in [-0.1, -0.05) is 24.3 Å². The molecule has 1 aromatic rings. The standard InChI is InChI=1S/C9H9NO.C2HF3O2/c11-7-10-5-8-3-1-2-4-9(8)6-10;3-2(4,5)1(6)7/h1-4,7H,5-6H2;(H,6,7). The molecule has 0 radical (unpaired) electrons. The second-order valence-electron chi connectivity index (χ2n) is 3.58. The average Bonchev–Trinajstić information content (AvgIpc) is 2.71. The summed E-state index contributed by atoms with van der Waals surface area (Å²) in [5.41, 5.74) is 2.55. The van der Waals surface area contributed by atoms with E-state index in [-0.39, 0.29) is 0 Å². The van der Waals surface area contributed by atoms with Crippen LogP contribution < -0.4 is 0 Å². The van der Waals surface area contributed by atoms with E-state index in [2.05, 4.69) is 12.1 Å². The van der Waals surface area contributed by atoms with Crippen molar-refractivity contribution in [3.63, 3.8) is 0 Å². The highest BCUT2D eigenvalue weighted by molar-refractivity contribution is 5.73. The summed E-state index contributed by atoms with van der Waals surface area (Å²) < 4.78 is 31.7. The van der Waals surface area contributed by atoms with Crippen LogP contribution in [0.25, 0.3) is 0 Å². The molecule has 0 saturated heterocycles. The van der Waals surface area contributed by atoms with E-state index >= 15 is 0 Å². The van der Waals surface area contributed by atoms with Crippen molar-refractivity contribution in [3.05, 3.63) is 35.4 Å². The Hall–Kier alpha value is -2.05. The molecule has 0 aromatic heterocycles. The Morgan fingerprint density at radius 1 is 1.22 bits per heavy atom. The van der Waals surface area contributed by atoms with Crippen LogP contribution in [-0.2, 0) is 22.7 Å².